The quantitative estimate of drug-likeness (QED) is 0.813. The van der Waals surface area contributed by atoms with Crippen LogP contribution in [0.2, 0.25) is 0 Å². The van der Waals surface area contributed by atoms with Crippen LogP contribution >= 0.6 is 0 Å². The summed E-state index contributed by atoms with van der Waals surface area (Å²) < 4.78 is 44.1. The summed E-state index contributed by atoms with van der Waals surface area (Å²) in [6.07, 6.45) is -4.51. The summed E-state index contributed by atoms with van der Waals surface area (Å²) in [5.74, 6) is -0.897. The van der Waals surface area contributed by atoms with Gasteiger partial charge >= 0.3 is 12.1 Å². The fourth-order valence-corrected chi connectivity index (χ4v) is 2.21. The molecule has 0 aliphatic rings. The molecule has 0 atom stereocenters. The predicted octanol–water partition coefficient (Wildman–Crippen LogP) is 2.71. The highest BCUT2D eigenvalue weighted by atomic mass is 19.4. The average molecular weight is 328 g/mol. The van der Waals surface area contributed by atoms with E-state index in [4.69, 9.17) is 0 Å². The smallest absolute Gasteiger partial charge is 0.416 e. The third-order valence-corrected chi connectivity index (χ3v) is 3.37. The maximum absolute atomic E-state index is 12.9. The molecule has 0 aliphatic carbocycles. The number of aromatic nitrogens is 2. The van der Waals surface area contributed by atoms with E-state index in [1.807, 2.05) is 0 Å². The Bertz CT molecular complexity index is 810. The lowest BCUT2D eigenvalue weighted by Crippen LogP contribution is -2.29. The van der Waals surface area contributed by atoms with Gasteiger partial charge in [-0.25, -0.2) is 4.68 Å². The van der Waals surface area contributed by atoms with E-state index in [9.17, 15) is 22.8 Å². The number of rotatable bonds is 3. The zero-order valence-corrected chi connectivity index (χ0v) is 12.8. The van der Waals surface area contributed by atoms with Crippen LogP contribution in [0.25, 0.3) is 10.8 Å². The number of ether oxygens (including phenoxy) is 1. The van der Waals surface area contributed by atoms with Gasteiger partial charge in [-0.3, -0.25) is 9.59 Å². The molecule has 0 fully saturated rings. The highest BCUT2D eigenvalue weighted by molar-refractivity contribution is 5.85. The Hall–Kier alpha value is -2.38. The number of esters is 1. The van der Waals surface area contributed by atoms with Crippen molar-refractivity contribution in [1.29, 1.82) is 0 Å². The number of hydrogen-bond donors (Lipinski definition) is 0. The fourth-order valence-electron chi connectivity index (χ4n) is 2.21. The van der Waals surface area contributed by atoms with Gasteiger partial charge in [0.2, 0.25) is 0 Å². The summed E-state index contributed by atoms with van der Waals surface area (Å²) in [4.78, 5) is 23.7. The lowest BCUT2D eigenvalue weighted by molar-refractivity contribution is -0.141. The molecule has 0 aliphatic heterocycles. The molecule has 0 saturated carbocycles. The molecule has 2 rings (SSSR count). The van der Waals surface area contributed by atoms with E-state index in [2.05, 4.69) is 9.84 Å². The Kier molecular flexibility index (Phi) is 4.44. The number of alkyl halides is 3. The SMILES string of the molecule is COC(=O)Cn1nc(C(C)C)c2cc(C(F)(F)F)ccc2c1=O. The zero-order valence-electron chi connectivity index (χ0n) is 12.8. The predicted molar refractivity (Wildman–Crippen MR) is 77.1 cm³/mol. The van der Waals surface area contributed by atoms with Crippen LogP contribution in [0.4, 0.5) is 13.2 Å². The summed E-state index contributed by atoms with van der Waals surface area (Å²) in [7, 11) is 1.17. The van der Waals surface area contributed by atoms with Gasteiger partial charge in [-0.2, -0.15) is 18.3 Å². The topological polar surface area (TPSA) is 61.2 Å². The molecule has 2 aromatic rings. The highest BCUT2D eigenvalue weighted by Gasteiger charge is 2.31. The first-order valence-corrected chi connectivity index (χ1v) is 6.84. The van der Waals surface area contributed by atoms with Crippen LogP contribution < -0.4 is 5.56 Å². The van der Waals surface area contributed by atoms with Gasteiger partial charge in [0.1, 0.15) is 6.54 Å². The number of halogens is 3. The minimum atomic E-state index is -4.51. The molecule has 0 amide bonds. The van der Waals surface area contributed by atoms with Crippen molar-refractivity contribution in [1.82, 2.24) is 9.78 Å². The zero-order chi connectivity index (χ0) is 17.4. The van der Waals surface area contributed by atoms with Crippen LogP contribution in [-0.2, 0) is 22.3 Å². The van der Waals surface area contributed by atoms with Crippen molar-refractivity contribution in [2.75, 3.05) is 7.11 Å². The third-order valence-electron chi connectivity index (χ3n) is 3.37. The van der Waals surface area contributed by atoms with E-state index >= 15 is 0 Å². The normalized spacial score (nSPS) is 12.0. The van der Waals surface area contributed by atoms with Gasteiger partial charge in [-0.1, -0.05) is 13.8 Å². The molecule has 1 aromatic heterocycles. The van der Waals surface area contributed by atoms with Gasteiger partial charge in [0.25, 0.3) is 5.56 Å². The number of benzene rings is 1. The second-order valence-electron chi connectivity index (χ2n) is 5.34. The van der Waals surface area contributed by atoms with E-state index in [1.165, 1.54) is 7.11 Å². The third kappa shape index (κ3) is 3.35. The van der Waals surface area contributed by atoms with Crippen LogP contribution in [-0.4, -0.2) is 22.9 Å². The maximum atomic E-state index is 12.9. The van der Waals surface area contributed by atoms with Gasteiger partial charge < -0.3 is 4.74 Å². The number of fused-ring (bicyclic) bond motifs is 1. The van der Waals surface area contributed by atoms with E-state index in [-0.39, 0.29) is 16.7 Å². The number of carbonyl (C=O) groups is 1. The van der Waals surface area contributed by atoms with Crippen LogP contribution in [0.15, 0.2) is 23.0 Å². The summed E-state index contributed by atoms with van der Waals surface area (Å²) in [5.41, 5.74) is -1.17. The number of methoxy groups -OCH3 is 1. The van der Waals surface area contributed by atoms with E-state index in [0.717, 1.165) is 22.9 Å². The van der Waals surface area contributed by atoms with Crippen LogP contribution in [0.1, 0.15) is 31.0 Å². The van der Waals surface area contributed by atoms with Crippen molar-refractivity contribution in [3.05, 3.63) is 39.8 Å². The van der Waals surface area contributed by atoms with Gasteiger partial charge in [-0.05, 0) is 24.1 Å². The molecule has 0 N–H and O–H groups in total. The molecule has 1 heterocycles. The van der Waals surface area contributed by atoms with Crippen molar-refractivity contribution < 1.29 is 22.7 Å². The van der Waals surface area contributed by atoms with Crippen LogP contribution in [0.5, 0.6) is 0 Å². The standard InChI is InChI=1S/C15H15F3N2O3/c1-8(2)13-11-6-9(15(16,17)18)4-5-10(11)14(22)20(19-13)7-12(21)23-3/h4-6,8H,7H2,1-3H3. The summed E-state index contributed by atoms with van der Waals surface area (Å²) in [5, 5.41) is 4.27. The van der Waals surface area contributed by atoms with Gasteiger partial charge in [-0.15, -0.1) is 0 Å². The van der Waals surface area contributed by atoms with E-state index in [0.29, 0.717) is 5.69 Å². The second-order valence-corrected chi connectivity index (χ2v) is 5.34. The lowest BCUT2D eigenvalue weighted by atomic mass is 10.0. The van der Waals surface area contributed by atoms with Gasteiger partial charge in [0.15, 0.2) is 0 Å². The number of nitrogens with zero attached hydrogens (tertiary/aromatic N) is 2. The van der Waals surface area contributed by atoms with Crippen molar-refractivity contribution in [3.63, 3.8) is 0 Å². The molecule has 8 heteroatoms. The van der Waals surface area contributed by atoms with Crippen molar-refractivity contribution in [3.8, 4) is 0 Å². The first-order valence-electron chi connectivity index (χ1n) is 6.84. The van der Waals surface area contributed by atoms with Gasteiger partial charge in [0, 0.05) is 5.39 Å². The molecule has 0 spiro atoms. The molecular formula is C15H15F3N2O3. The minimum absolute atomic E-state index is 0.0839. The minimum Gasteiger partial charge on any atom is -0.468 e. The fraction of sp³-hybridized carbons (Fsp3) is 0.400. The van der Waals surface area contributed by atoms with Crippen molar-refractivity contribution in [2.24, 2.45) is 0 Å². The first kappa shape index (κ1) is 17.0. The summed E-state index contributed by atoms with van der Waals surface area (Å²) >= 11 is 0. The summed E-state index contributed by atoms with van der Waals surface area (Å²) in [6.45, 7) is 3.09. The Morgan fingerprint density at radius 3 is 2.48 bits per heavy atom. The Labute approximate surface area is 129 Å². The Morgan fingerprint density at radius 2 is 1.96 bits per heavy atom. The highest BCUT2D eigenvalue weighted by Crippen LogP contribution is 2.32. The summed E-state index contributed by atoms with van der Waals surface area (Å²) in [6, 6.07) is 2.87. The molecule has 5 nitrogen and oxygen atoms in total. The van der Waals surface area contributed by atoms with Crippen LogP contribution in [0, 0.1) is 0 Å². The van der Waals surface area contributed by atoms with Crippen LogP contribution in [0.3, 0.4) is 0 Å². The maximum Gasteiger partial charge on any atom is 0.416 e. The molecular weight excluding hydrogens is 313 g/mol. The molecule has 1 aromatic carbocycles. The van der Waals surface area contributed by atoms with Crippen molar-refractivity contribution >= 4 is 16.7 Å². The first-order chi connectivity index (χ1) is 10.6. The van der Waals surface area contributed by atoms with E-state index in [1.54, 1.807) is 13.8 Å². The molecule has 0 saturated heterocycles. The van der Waals surface area contributed by atoms with E-state index < -0.39 is 29.8 Å². The van der Waals surface area contributed by atoms with Crippen molar-refractivity contribution in [2.45, 2.75) is 32.5 Å². The molecule has 0 bridgehead atoms. The molecule has 0 unspecified atom stereocenters. The molecule has 0 radical (unpaired) electrons. The molecule has 124 valence electrons. The van der Waals surface area contributed by atoms with Gasteiger partial charge in [0.05, 0.1) is 23.8 Å². The Balaban J connectivity index is 2.75. The number of carbonyl (C=O) groups excluding carboxylic acids is 1. The largest absolute Gasteiger partial charge is 0.468 e. The lowest BCUT2D eigenvalue weighted by Gasteiger charge is -2.14. The average Bonchev–Trinajstić information content (AvgIpc) is 2.48. The Morgan fingerprint density at radius 1 is 1.30 bits per heavy atom. The molecule has 23 heavy (non-hydrogen) atoms. The second kappa shape index (κ2) is 6.02. The number of hydrogen-bond acceptors (Lipinski definition) is 4. The monoisotopic (exact) mass is 328 g/mol.